The van der Waals surface area contributed by atoms with Gasteiger partial charge in [-0.15, -0.1) is 11.8 Å². The fourth-order valence-electron chi connectivity index (χ4n) is 1.21. The lowest BCUT2D eigenvalue weighted by Crippen LogP contribution is -2.36. The van der Waals surface area contributed by atoms with Crippen molar-refractivity contribution in [1.82, 2.24) is 9.97 Å². The first-order chi connectivity index (χ1) is 7.96. The molecule has 1 aromatic rings. The molecule has 1 heterocycles. The predicted octanol–water partition coefficient (Wildman–Crippen LogP) is 2.96. The molecule has 0 bridgehead atoms. The fourth-order valence-corrected chi connectivity index (χ4v) is 2.01. The molecule has 3 nitrogen and oxygen atoms in total. The van der Waals surface area contributed by atoms with Gasteiger partial charge in [0.2, 0.25) is 0 Å². The maximum atomic E-state index is 12.4. The quantitative estimate of drug-likeness (QED) is 0.472. The van der Waals surface area contributed by atoms with Crippen LogP contribution in [-0.2, 0) is 0 Å². The van der Waals surface area contributed by atoms with Crippen LogP contribution in [0.15, 0.2) is 17.4 Å². The van der Waals surface area contributed by atoms with E-state index < -0.39 is 12.7 Å². The van der Waals surface area contributed by atoms with Crippen LogP contribution < -0.4 is 4.90 Å². The third-order valence-electron chi connectivity index (χ3n) is 1.89. The highest BCUT2D eigenvalue weighted by Crippen LogP contribution is 2.22. The fraction of sp³-hybridized carbons (Fsp3) is 0.556. The molecule has 0 aliphatic carbocycles. The number of rotatable bonds is 5. The Balaban J connectivity index is 2.88. The van der Waals surface area contributed by atoms with Crippen molar-refractivity contribution in [3.63, 3.8) is 0 Å². The second kappa shape index (κ2) is 6.44. The minimum atomic E-state index is -4.24. The predicted molar refractivity (Wildman–Crippen MR) is 65.9 cm³/mol. The zero-order chi connectivity index (χ0) is 12.9. The molecule has 1 aromatic heterocycles. The summed E-state index contributed by atoms with van der Waals surface area (Å²) >= 11 is 4.50. The summed E-state index contributed by atoms with van der Waals surface area (Å²) in [5, 5.41) is 1.10. The smallest absolute Gasteiger partial charge is 0.347 e. The minimum Gasteiger partial charge on any atom is -0.347 e. The number of thioether (sulfide) groups is 1. The SMILES string of the molecule is CSc1cc(N(CCBr)CC(F)(F)F)ncn1. The van der Waals surface area contributed by atoms with Crippen molar-refractivity contribution in [1.29, 1.82) is 0 Å². The molecule has 0 spiro atoms. The van der Waals surface area contributed by atoms with Crippen molar-refractivity contribution >= 4 is 33.5 Å². The average molecular weight is 330 g/mol. The number of hydrogen-bond acceptors (Lipinski definition) is 4. The van der Waals surface area contributed by atoms with Crippen LogP contribution in [0.25, 0.3) is 0 Å². The van der Waals surface area contributed by atoms with Crippen molar-refractivity contribution in [2.75, 3.05) is 29.6 Å². The van der Waals surface area contributed by atoms with Crippen LogP contribution >= 0.6 is 27.7 Å². The van der Waals surface area contributed by atoms with Crippen molar-refractivity contribution in [2.24, 2.45) is 0 Å². The lowest BCUT2D eigenvalue weighted by atomic mass is 10.4. The van der Waals surface area contributed by atoms with Gasteiger partial charge < -0.3 is 4.90 Å². The van der Waals surface area contributed by atoms with Gasteiger partial charge in [0.05, 0.1) is 0 Å². The summed E-state index contributed by atoms with van der Waals surface area (Å²) in [4.78, 5) is 8.98. The molecule has 0 N–H and O–H groups in total. The second-order valence-corrected chi connectivity index (χ2v) is 4.76. The van der Waals surface area contributed by atoms with E-state index in [2.05, 4.69) is 25.9 Å². The van der Waals surface area contributed by atoms with Gasteiger partial charge in [-0.1, -0.05) is 15.9 Å². The van der Waals surface area contributed by atoms with Crippen molar-refractivity contribution < 1.29 is 13.2 Å². The molecule has 0 atom stereocenters. The maximum Gasteiger partial charge on any atom is 0.405 e. The Labute approximate surface area is 110 Å². The summed E-state index contributed by atoms with van der Waals surface area (Å²) in [6.45, 7) is -0.770. The Hall–Kier alpha value is -0.500. The van der Waals surface area contributed by atoms with Crippen LogP contribution in [0.3, 0.4) is 0 Å². The number of aromatic nitrogens is 2. The van der Waals surface area contributed by atoms with E-state index >= 15 is 0 Å². The van der Waals surface area contributed by atoms with Crippen LogP contribution in [0.2, 0.25) is 0 Å². The third kappa shape index (κ3) is 5.12. The van der Waals surface area contributed by atoms with E-state index in [1.807, 2.05) is 6.26 Å². The summed E-state index contributed by atoms with van der Waals surface area (Å²) < 4.78 is 37.2. The monoisotopic (exact) mass is 329 g/mol. The van der Waals surface area contributed by atoms with Crippen molar-refractivity contribution in [3.05, 3.63) is 12.4 Å². The van der Waals surface area contributed by atoms with E-state index in [1.54, 1.807) is 6.07 Å². The molecular weight excluding hydrogens is 319 g/mol. The molecule has 0 saturated heterocycles. The summed E-state index contributed by atoms with van der Waals surface area (Å²) in [5.74, 6) is 0.293. The average Bonchev–Trinajstić information content (AvgIpc) is 2.27. The molecule has 0 aromatic carbocycles. The number of alkyl halides is 4. The molecule has 0 saturated carbocycles. The Morgan fingerprint density at radius 1 is 1.41 bits per heavy atom. The molecule has 1 rings (SSSR count). The molecule has 0 aliphatic heterocycles. The lowest BCUT2D eigenvalue weighted by molar-refractivity contribution is -0.119. The molecule has 0 amide bonds. The number of halogens is 4. The lowest BCUT2D eigenvalue weighted by Gasteiger charge is -2.24. The van der Waals surface area contributed by atoms with E-state index in [9.17, 15) is 13.2 Å². The minimum absolute atomic E-state index is 0.240. The highest BCUT2D eigenvalue weighted by molar-refractivity contribution is 9.09. The maximum absolute atomic E-state index is 12.4. The van der Waals surface area contributed by atoms with E-state index in [0.717, 1.165) is 0 Å². The van der Waals surface area contributed by atoms with E-state index in [1.165, 1.54) is 23.0 Å². The van der Waals surface area contributed by atoms with E-state index in [-0.39, 0.29) is 6.54 Å². The Bertz CT molecular complexity index is 362. The van der Waals surface area contributed by atoms with E-state index in [4.69, 9.17) is 0 Å². The Kier molecular flexibility index (Phi) is 5.51. The van der Waals surface area contributed by atoms with Gasteiger partial charge in [-0.25, -0.2) is 9.97 Å². The van der Waals surface area contributed by atoms with Gasteiger partial charge in [0, 0.05) is 17.9 Å². The number of nitrogens with zero attached hydrogens (tertiary/aromatic N) is 3. The largest absolute Gasteiger partial charge is 0.405 e. The Morgan fingerprint density at radius 3 is 2.65 bits per heavy atom. The normalized spacial score (nSPS) is 11.6. The summed E-state index contributed by atoms with van der Waals surface area (Å²) in [7, 11) is 0. The summed E-state index contributed by atoms with van der Waals surface area (Å²) in [6.07, 6.45) is -1.16. The van der Waals surface area contributed by atoms with Crippen LogP contribution in [0, 0.1) is 0 Å². The molecular formula is C9H11BrF3N3S. The standard InChI is InChI=1S/C9H11BrF3N3S/c1-17-8-4-7(14-6-15-8)16(3-2-10)5-9(11,12)13/h4,6H,2-3,5H2,1H3. The van der Waals surface area contributed by atoms with Crippen molar-refractivity contribution in [2.45, 2.75) is 11.2 Å². The molecule has 0 unspecified atom stereocenters. The zero-order valence-corrected chi connectivity index (χ0v) is 11.4. The molecule has 8 heteroatoms. The molecule has 0 aliphatic rings. The first-order valence-electron chi connectivity index (χ1n) is 4.70. The van der Waals surface area contributed by atoms with E-state index in [0.29, 0.717) is 16.2 Å². The first kappa shape index (κ1) is 14.6. The van der Waals surface area contributed by atoms with Crippen molar-refractivity contribution in [3.8, 4) is 0 Å². The van der Waals surface area contributed by atoms with Crippen LogP contribution in [0.4, 0.5) is 19.0 Å². The second-order valence-electron chi connectivity index (χ2n) is 3.14. The molecule has 96 valence electrons. The van der Waals surface area contributed by atoms with Crippen LogP contribution in [0.5, 0.6) is 0 Å². The van der Waals surface area contributed by atoms with Gasteiger partial charge >= 0.3 is 6.18 Å². The van der Waals surface area contributed by atoms with Gasteiger partial charge in [-0.05, 0) is 6.26 Å². The van der Waals surface area contributed by atoms with Gasteiger partial charge in [0.1, 0.15) is 23.7 Å². The van der Waals surface area contributed by atoms with Gasteiger partial charge in [-0.2, -0.15) is 13.2 Å². The highest BCUT2D eigenvalue weighted by Gasteiger charge is 2.31. The molecule has 17 heavy (non-hydrogen) atoms. The topological polar surface area (TPSA) is 29.0 Å². The van der Waals surface area contributed by atoms with Crippen LogP contribution in [-0.4, -0.2) is 40.8 Å². The van der Waals surface area contributed by atoms with Gasteiger partial charge in [-0.3, -0.25) is 0 Å². The number of hydrogen-bond donors (Lipinski definition) is 0. The zero-order valence-electron chi connectivity index (χ0n) is 9.04. The summed E-state index contributed by atoms with van der Waals surface area (Å²) in [5.41, 5.74) is 0. The first-order valence-corrected chi connectivity index (χ1v) is 7.04. The third-order valence-corrected chi connectivity index (χ3v) is 2.88. The molecule has 0 radical (unpaired) electrons. The number of anilines is 1. The van der Waals surface area contributed by atoms with Gasteiger partial charge in [0.15, 0.2) is 0 Å². The summed E-state index contributed by atoms with van der Waals surface area (Å²) in [6, 6.07) is 1.55. The van der Waals surface area contributed by atoms with Crippen LogP contribution in [0.1, 0.15) is 0 Å². The highest BCUT2D eigenvalue weighted by atomic mass is 79.9. The molecule has 0 fully saturated rings. The van der Waals surface area contributed by atoms with Gasteiger partial charge in [0.25, 0.3) is 0 Å². The Morgan fingerprint density at radius 2 is 2.12 bits per heavy atom.